The monoisotopic (exact) mass is 212 g/mol. The van der Waals surface area contributed by atoms with Gasteiger partial charge >= 0.3 is 6.03 Å². The summed E-state index contributed by atoms with van der Waals surface area (Å²) in [4.78, 5) is 15.6. The van der Waals surface area contributed by atoms with Gasteiger partial charge in [-0.25, -0.2) is 4.79 Å². The van der Waals surface area contributed by atoms with Crippen molar-refractivity contribution in [2.45, 2.75) is 32.3 Å². The van der Waals surface area contributed by atoms with Crippen molar-refractivity contribution in [1.29, 1.82) is 0 Å². The molecule has 0 bridgehead atoms. The number of aliphatic hydroxyl groups is 1. The lowest BCUT2D eigenvalue weighted by Crippen LogP contribution is -2.64. The highest BCUT2D eigenvalue weighted by molar-refractivity contribution is 5.75. The molecule has 1 N–H and O–H groups in total. The molecule has 0 unspecified atom stereocenters. The number of hydrogen-bond donors (Lipinski definition) is 1. The van der Waals surface area contributed by atoms with Crippen LogP contribution in [0.1, 0.15) is 26.7 Å². The third kappa shape index (κ3) is 2.25. The number of rotatable bonds is 0. The fraction of sp³-hybridized carbons (Fsp3) is 0.909. The van der Waals surface area contributed by atoms with Gasteiger partial charge in [0.25, 0.3) is 0 Å². The summed E-state index contributed by atoms with van der Waals surface area (Å²) in [5, 5.41) is 9.56. The predicted octanol–water partition coefficient (Wildman–Crippen LogP) is 0.905. The summed E-state index contributed by atoms with van der Waals surface area (Å²) in [6.07, 6.45) is 2.21. The molecule has 2 amide bonds. The molecule has 0 aromatic carbocycles. The summed E-state index contributed by atoms with van der Waals surface area (Å²) >= 11 is 0. The van der Waals surface area contributed by atoms with E-state index in [0.717, 1.165) is 31.8 Å². The zero-order valence-electron chi connectivity index (χ0n) is 9.57. The van der Waals surface area contributed by atoms with E-state index in [9.17, 15) is 9.90 Å². The number of amides is 2. The van der Waals surface area contributed by atoms with Crippen LogP contribution in [0.5, 0.6) is 0 Å². The van der Waals surface area contributed by atoms with Crippen LogP contribution >= 0.6 is 0 Å². The number of likely N-dealkylation sites (tertiary alicyclic amines) is 2. The molecule has 15 heavy (non-hydrogen) atoms. The summed E-state index contributed by atoms with van der Waals surface area (Å²) < 4.78 is 0. The molecule has 2 fully saturated rings. The Hall–Kier alpha value is -0.770. The minimum Gasteiger partial charge on any atom is -0.386 e. The molecular weight excluding hydrogens is 192 g/mol. The lowest BCUT2D eigenvalue weighted by Gasteiger charge is -2.46. The van der Waals surface area contributed by atoms with Crippen LogP contribution in [-0.4, -0.2) is 52.7 Å². The van der Waals surface area contributed by atoms with Gasteiger partial charge in [0.15, 0.2) is 0 Å². The molecule has 0 aliphatic carbocycles. The summed E-state index contributed by atoms with van der Waals surface area (Å²) in [5.74, 6) is 0.744. The number of piperidine rings is 1. The van der Waals surface area contributed by atoms with E-state index in [1.165, 1.54) is 0 Å². The van der Waals surface area contributed by atoms with Crippen molar-refractivity contribution in [2.75, 3.05) is 26.2 Å². The van der Waals surface area contributed by atoms with Crippen molar-refractivity contribution in [2.24, 2.45) is 5.92 Å². The summed E-state index contributed by atoms with van der Waals surface area (Å²) in [6.45, 7) is 6.72. The Bertz CT molecular complexity index is 249. The van der Waals surface area contributed by atoms with Crippen molar-refractivity contribution >= 4 is 6.03 Å². The van der Waals surface area contributed by atoms with E-state index in [1.807, 2.05) is 4.90 Å². The van der Waals surface area contributed by atoms with Crippen LogP contribution in [0.25, 0.3) is 0 Å². The second-order valence-corrected chi connectivity index (χ2v) is 5.31. The van der Waals surface area contributed by atoms with Crippen LogP contribution in [0.3, 0.4) is 0 Å². The zero-order chi connectivity index (χ0) is 11.1. The highest BCUT2D eigenvalue weighted by atomic mass is 16.3. The van der Waals surface area contributed by atoms with Crippen LogP contribution in [0.4, 0.5) is 4.79 Å². The molecular formula is C11H20N2O2. The number of nitrogens with zero attached hydrogens (tertiary/aromatic N) is 2. The second kappa shape index (κ2) is 3.67. The van der Waals surface area contributed by atoms with Gasteiger partial charge in [0.05, 0.1) is 18.7 Å². The fourth-order valence-corrected chi connectivity index (χ4v) is 2.31. The van der Waals surface area contributed by atoms with Crippen LogP contribution in [0.15, 0.2) is 0 Å². The molecule has 0 atom stereocenters. The van der Waals surface area contributed by atoms with Crippen LogP contribution in [-0.2, 0) is 0 Å². The Morgan fingerprint density at radius 2 is 1.80 bits per heavy atom. The minimum absolute atomic E-state index is 0.105. The van der Waals surface area contributed by atoms with Crippen LogP contribution in [0.2, 0.25) is 0 Å². The first-order chi connectivity index (χ1) is 6.98. The Kier molecular flexibility index (Phi) is 2.63. The maximum absolute atomic E-state index is 11.9. The van der Waals surface area contributed by atoms with E-state index < -0.39 is 5.60 Å². The normalized spacial score (nSPS) is 26.3. The molecule has 2 rings (SSSR count). The number of carbonyl (C=O) groups is 1. The number of carbonyl (C=O) groups excluding carboxylic acids is 1. The van der Waals surface area contributed by atoms with Gasteiger partial charge in [-0.1, -0.05) is 6.92 Å². The van der Waals surface area contributed by atoms with Gasteiger partial charge in [-0.3, -0.25) is 0 Å². The van der Waals surface area contributed by atoms with Gasteiger partial charge < -0.3 is 14.9 Å². The van der Waals surface area contributed by atoms with E-state index in [4.69, 9.17) is 0 Å². The second-order valence-electron chi connectivity index (χ2n) is 5.31. The number of hydrogen-bond acceptors (Lipinski definition) is 2. The minimum atomic E-state index is -0.654. The van der Waals surface area contributed by atoms with Gasteiger partial charge in [-0.05, 0) is 25.7 Å². The molecule has 86 valence electrons. The number of β-amino-alcohol motifs (C(OH)–C–C–N with tert-alkyl or cyclic N) is 1. The predicted molar refractivity (Wildman–Crippen MR) is 57.6 cm³/mol. The molecule has 0 aromatic rings. The molecule has 0 spiro atoms. The van der Waals surface area contributed by atoms with Crippen molar-refractivity contribution in [3.05, 3.63) is 0 Å². The van der Waals surface area contributed by atoms with E-state index in [-0.39, 0.29) is 6.03 Å². The van der Waals surface area contributed by atoms with Crippen LogP contribution < -0.4 is 0 Å². The van der Waals surface area contributed by atoms with E-state index >= 15 is 0 Å². The van der Waals surface area contributed by atoms with Crippen molar-refractivity contribution in [1.82, 2.24) is 9.80 Å². The topological polar surface area (TPSA) is 43.8 Å². The van der Waals surface area contributed by atoms with E-state index in [2.05, 4.69) is 6.92 Å². The van der Waals surface area contributed by atoms with Gasteiger partial charge in [0.1, 0.15) is 0 Å². The summed E-state index contributed by atoms with van der Waals surface area (Å²) in [5.41, 5.74) is -0.654. The zero-order valence-corrected chi connectivity index (χ0v) is 9.57. The van der Waals surface area contributed by atoms with Gasteiger partial charge in [-0.2, -0.15) is 0 Å². The van der Waals surface area contributed by atoms with Crippen molar-refractivity contribution < 1.29 is 9.90 Å². The molecule has 4 heteroatoms. The summed E-state index contributed by atoms with van der Waals surface area (Å²) in [7, 11) is 0. The lowest BCUT2D eigenvalue weighted by atomic mass is 9.96. The average Bonchev–Trinajstić information content (AvgIpc) is 2.14. The standard InChI is InChI=1S/C11H20N2O2/c1-9-3-5-12(6-4-9)10(14)13-7-11(2,15)8-13/h9,15H,3-8H2,1-2H3. The van der Waals surface area contributed by atoms with Crippen molar-refractivity contribution in [3.63, 3.8) is 0 Å². The summed E-state index contributed by atoms with van der Waals surface area (Å²) in [6, 6.07) is 0.105. The van der Waals surface area contributed by atoms with Gasteiger partial charge in [0.2, 0.25) is 0 Å². The molecule has 2 heterocycles. The van der Waals surface area contributed by atoms with Gasteiger partial charge in [0, 0.05) is 13.1 Å². The quantitative estimate of drug-likeness (QED) is 0.648. The van der Waals surface area contributed by atoms with Crippen molar-refractivity contribution in [3.8, 4) is 0 Å². The Morgan fingerprint density at radius 3 is 2.27 bits per heavy atom. The van der Waals surface area contributed by atoms with Gasteiger partial charge in [-0.15, -0.1) is 0 Å². The molecule has 2 aliphatic heterocycles. The average molecular weight is 212 g/mol. The Morgan fingerprint density at radius 1 is 1.27 bits per heavy atom. The smallest absolute Gasteiger partial charge is 0.320 e. The largest absolute Gasteiger partial charge is 0.386 e. The SMILES string of the molecule is CC1CCN(C(=O)N2CC(C)(O)C2)CC1. The first-order valence-electron chi connectivity index (χ1n) is 5.74. The first-order valence-corrected chi connectivity index (χ1v) is 5.74. The third-order valence-corrected chi connectivity index (χ3v) is 3.39. The fourth-order valence-electron chi connectivity index (χ4n) is 2.31. The molecule has 4 nitrogen and oxygen atoms in total. The van der Waals surface area contributed by atoms with Crippen LogP contribution in [0, 0.1) is 5.92 Å². The molecule has 0 saturated carbocycles. The Balaban J connectivity index is 1.82. The maximum atomic E-state index is 11.9. The third-order valence-electron chi connectivity index (χ3n) is 3.39. The van der Waals surface area contributed by atoms with E-state index in [0.29, 0.717) is 13.1 Å². The molecule has 0 aromatic heterocycles. The maximum Gasteiger partial charge on any atom is 0.320 e. The first kappa shape index (κ1) is 10.7. The highest BCUT2D eigenvalue weighted by Gasteiger charge is 2.41. The molecule has 2 saturated heterocycles. The van der Waals surface area contributed by atoms with E-state index in [1.54, 1.807) is 11.8 Å². The number of urea groups is 1. The highest BCUT2D eigenvalue weighted by Crippen LogP contribution is 2.23. The Labute approximate surface area is 90.9 Å². The molecule has 2 aliphatic rings. The molecule has 0 radical (unpaired) electrons. The lowest BCUT2D eigenvalue weighted by molar-refractivity contribution is -0.0675.